The Kier molecular flexibility index (Phi) is 5.91. The van der Waals surface area contributed by atoms with Gasteiger partial charge in [0.25, 0.3) is 0 Å². The maximum Gasteiger partial charge on any atom is 0.514 e. The van der Waals surface area contributed by atoms with Crippen molar-refractivity contribution in [3.63, 3.8) is 0 Å². The van der Waals surface area contributed by atoms with Crippen LogP contribution in [-0.2, 0) is 14.9 Å². The Morgan fingerprint density at radius 2 is 1.70 bits per heavy atom. The van der Waals surface area contributed by atoms with Crippen LogP contribution in [0.25, 0.3) is 10.8 Å². The minimum Gasteiger partial charge on any atom is -0.497 e. The van der Waals surface area contributed by atoms with Gasteiger partial charge < -0.3 is 19.3 Å². The van der Waals surface area contributed by atoms with Crippen LogP contribution in [0.15, 0.2) is 60.7 Å². The minimum atomic E-state index is -1.57. The predicted molar refractivity (Wildman–Crippen MR) is 108 cm³/mol. The standard InChI is InChI=1S/C23H21FO6/c1-14(29-22(27)30-20-7-5-4-6-19(20)24)23(2,21(25)26)17-10-8-16-13-18(28-3)11-9-15(16)12-17/h4-14H,1-3H3,(H,25,26)/t14-,23-/m0/s1. The Hall–Kier alpha value is -3.61. The lowest BCUT2D eigenvalue weighted by Crippen LogP contribution is -2.45. The van der Waals surface area contributed by atoms with E-state index in [0.717, 1.165) is 16.8 Å². The van der Waals surface area contributed by atoms with Crippen LogP contribution in [0.4, 0.5) is 9.18 Å². The van der Waals surface area contributed by atoms with Crippen molar-refractivity contribution >= 4 is 22.9 Å². The molecule has 0 radical (unpaired) electrons. The van der Waals surface area contributed by atoms with Crippen LogP contribution < -0.4 is 9.47 Å². The predicted octanol–water partition coefficient (Wildman–Crippen LogP) is 4.93. The summed E-state index contributed by atoms with van der Waals surface area (Å²) in [6.07, 6.45) is -2.30. The molecule has 0 aliphatic heterocycles. The molecule has 2 atom stereocenters. The van der Waals surface area contributed by atoms with E-state index < -0.39 is 29.5 Å². The van der Waals surface area contributed by atoms with E-state index in [1.165, 1.54) is 32.0 Å². The van der Waals surface area contributed by atoms with Gasteiger partial charge in [0.15, 0.2) is 11.6 Å². The molecule has 0 fully saturated rings. The number of fused-ring (bicyclic) bond motifs is 1. The molecule has 0 heterocycles. The van der Waals surface area contributed by atoms with Crippen molar-refractivity contribution in [1.82, 2.24) is 0 Å². The highest BCUT2D eigenvalue weighted by Gasteiger charge is 2.44. The van der Waals surface area contributed by atoms with Crippen molar-refractivity contribution in [2.45, 2.75) is 25.4 Å². The highest BCUT2D eigenvalue weighted by atomic mass is 19.1. The SMILES string of the molecule is COc1ccc2cc([C@@](C)(C(=O)O)[C@H](C)OC(=O)Oc3ccccc3F)ccc2c1. The molecule has 0 bridgehead atoms. The summed E-state index contributed by atoms with van der Waals surface area (Å²) in [7, 11) is 1.57. The van der Waals surface area contributed by atoms with Gasteiger partial charge in [-0.05, 0) is 60.5 Å². The molecule has 0 aliphatic carbocycles. The molecule has 0 saturated carbocycles. The zero-order valence-electron chi connectivity index (χ0n) is 16.7. The average Bonchev–Trinajstić information content (AvgIpc) is 2.73. The van der Waals surface area contributed by atoms with E-state index in [1.54, 1.807) is 31.4 Å². The molecule has 156 valence electrons. The second-order valence-electron chi connectivity index (χ2n) is 6.98. The fourth-order valence-corrected chi connectivity index (χ4v) is 3.11. The quantitative estimate of drug-likeness (QED) is 0.456. The number of ether oxygens (including phenoxy) is 3. The van der Waals surface area contributed by atoms with Gasteiger partial charge in [-0.25, -0.2) is 9.18 Å². The number of aliphatic carboxylic acids is 1. The lowest BCUT2D eigenvalue weighted by Gasteiger charge is -2.31. The summed E-state index contributed by atoms with van der Waals surface area (Å²) < 4.78 is 29.0. The summed E-state index contributed by atoms with van der Waals surface area (Å²) in [4.78, 5) is 24.3. The molecule has 0 unspecified atom stereocenters. The molecule has 0 spiro atoms. The molecule has 6 nitrogen and oxygen atoms in total. The number of halogens is 1. The minimum absolute atomic E-state index is 0.300. The smallest absolute Gasteiger partial charge is 0.497 e. The first-order chi connectivity index (χ1) is 14.3. The fourth-order valence-electron chi connectivity index (χ4n) is 3.11. The molecule has 3 aromatic carbocycles. The Labute approximate surface area is 172 Å². The van der Waals surface area contributed by atoms with Crippen LogP contribution in [0.1, 0.15) is 19.4 Å². The first kappa shape index (κ1) is 21.1. The van der Waals surface area contributed by atoms with Gasteiger partial charge in [0.1, 0.15) is 17.3 Å². The molecule has 0 amide bonds. The lowest BCUT2D eigenvalue weighted by atomic mass is 9.77. The zero-order valence-corrected chi connectivity index (χ0v) is 16.7. The molecule has 30 heavy (non-hydrogen) atoms. The third kappa shape index (κ3) is 4.05. The molecule has 0 aliphatic rings. The molecule has 1 N–H and O–H groups in total. The molecule has 0 saturated heterocycles. The van der Waals surface area contributed by atoms with E-state index in [1.807, 2.05) is 12.1 Å². The lowest BCUT2D eigenvalue weighted by molar-refractivity contribution is -0.147. The Morgan fingerprint density at radius 1 is 1.03 bits per heavy atom. The van der Waals surface area contributed by atoms with Crippen LogP contribution in [0.3, 0.4) is 0 Å². The van der Waals surface area contributed by atoms with Crippen molar-refractivity contribution in [2.24, 2.45) is 0 Å². The number of para-hydroxylation sites is 1. The second-order valence-corrected chi connectivity index (χ2v) is 6.98. The summed E-state index contributed by atoms with van der Waals surface area (Å²) in [5.41, 5.74) is -1.12. The Morgan fingerprint density at radius 3 is 2.37 bits per heavy atom. The van der Waals surface area contributed by atoms with Crippen molar-refractivity contribution in [3.8, 4) is 11.5 Å². The van der Waals surface area contributed by atoms with E-state index >= 15 is 0 Å². The first-order valence-corrected chi connectivity index (χ1v) is 9.20. The highest BCUT2D eigenvalue weighted by molar-refractivity contribution is 5.88. The number of benzene rings is 3. The molecular weight excluding hydrogens is 391 g/mol. The Bertz CT molecular complexity index is 1100. The number of hydrogen-bond acceptors (Lipinski definition) is 5. The van der Waals surface area contributed by atoms with Crippen LogP contribution in [0.2, 0.25) is 0 Å². The van der Waals surface area contributed by atoms with E-state index in [-0.39, 0.29) is 5.75 Å². The number of methoxy groups -OCH3 is 1. The van der Waals surface area contributed by atoms with Crippen LogP contribution >= 0.6 is 0 Å². The van der Waals surface area contributed by atoms with Crippen molar-refractivity contribution in [3.05, 3.63) is 72.0 Å². The van der Waals surface area contributed by atoms with Gasteiger partial charge >= 0.3 is 12.1 Å². The van der Waals surface area contributed by atoms with E-state index in [0.29, 0.717) is 11.3 Å². The topological polar surface area (TPSA) is 82.1 Å². The summed E-state index contributed by atoms with van der Waals surface area (Å²) in [6, 6.07) is 16.0. The monoisotopic (exact) mass is 412 g/mol. The fraction of sp³-hybridized carbons (Fsp3) is 0.217. The van der Waals surface area contributed by atoms with Crippen LogP contribution in [0, 0.1) is 5.82 Å². The number of hydrogen-bond donors (Lipinski definition) is 1. The van der Waals surface area contributed by atoms with Crippen molar-refractivity contribution in [1.29, 1.82) is 0 Å². The normalized spacial score (nSPS) is 13.9. The maximum absolute atomic E-state index is 13.7. The number of rotatable bonds is 6. The summed E-state index contributed by atoms with van der Waals surface area (Å²) in [5, 5.41) is 11.6. The molecule has 3 aromatic rings. The second kappa shape index (κ2) is 8.41. The van der Waals surface area contributed by atoms with Gasteiger partial charge in [-0.1, -0.05) is 30.3 Å². The zero-order chi connectivity index (χ0) is 21.9. The highest BCUT2D eigenvalue weighted by Crippen LogP contribution is 2.33. The molecule has 0 aromatic heterocycles. The summed E-state index contributed by atoms with van der Waals surface area (Å²) >= 11 is 0. The van der Waals surface area contributed by atoms with Crippen LogP contribution in [0.5, 0.6) is 11.5 Å². The van der Waals surface area contributed by atoms with Crippen LogP contribution in [-0.4, -0.2) is 30.4 Å². The van der Waals surface area contributed by atoms with E-state index in [2.05, 4.69) is 0 Å². The van der Waals surface area contributed by atoms with Gasteiger partial charge in [0.05, 0.1) is 7.11 Å². The number of carboxylic acid groups (broad SMARTS) is 1. The molecule has 7 heteroatoms. The summed E-state index contributed by atoms with van der Waals surface area (Å²) in [5.74, 6) is -1.52. The van der Waals surface area contributed by atoms with Gasteiger partial charge in [0.2, 0.25) is 0 Å². The number of carboxylic acids is 1. The third-order valence-electron chi connectivity index (χ3n) is 5.21. The number of carbonyl (C=O) groups is 2. The largest absolute Gasteiger partial charge is 0.514 e. The molecule has 3 rings (SSSR count). The van der Waals surface area contributed by atoms with Gasteiger partial charge in [-0.3, -0.25) is 4.79 Å². The third-order valence-corrected chi connectivity index (χ3v) is 5.21. The van der Waals surface area contributed by atoms with Gasteiger partial charge in [0, 0.05) is 0 Å². The van der Waals surface area contributed by atoms with Gasteiger partial charge in [-0.2, -0.15) is 0 Å². The molecular formula is C23H21FO6. The number of carbonyl (C=O) groups excluding carboxylic acids is 1. The Balaban J connectivity index is 1.87. The van der Waals surface area contributed by atoms with Gasteiger partial charge in [-0.15, -0.1) is 0 Å². The van der Waals surface area contributed by atoms with E-state index in [4.69, 9.17) is 14.2 Å². The van der Waals surface area contributed by atoms with Crippen molar-refractivity contribution < 1.29 is 33.3 Å². The maximum atomic E-state index is 13.7. The van der Waals surface area contributed by atoms with Crippen molar-refractivity contribution in [2.75, 3.05) is 7.11 Å². The first-order valence-electron chi connectivity index (χ1n) is 9.20. The average molecular weight is 412 g/mol. The van der Waals surface area contributed by atoms with E-state index in [9.17, 15) is 19.1 Å². The summed E-state index contributed by atoms with van der Waals surface area (Å²) in [6.45, 7) is 2.91.